The Morgan fingerprint density at radius 2 is 2.22 bits per heavy atom. The number of aromatic nitrogens is 1. The van der Waals surface area contributed by atoms with Crippen molar-refractivity contribution in [3.05, 3.63) is 47.9 Å². The minimum Gasteiger partial charge on any atom is -0.385 e. The Morgan fingerprint density at radius 1 is 1.28 bits per heavy atom. The van der Waals surface area contributed by atoms with Gasteiger partial charge in [-0.1, -0.05) is 0 Å². The molecule has 0 unspecified atom stereocenters. The molecule has 0 bridgehead atoms. The molecule has 18 heavy (non-hydrogen) atoms. The van der Waals surface area contributed by atoms with Crippen molar-refractivity contribution in [2.45, 2.75) is 12.8 Å². The van der Waals surface area contributed by atoms with Crippen LogP contribution in [0, 0.1) is 5.82 Å². The second-order valence-electron chi connectivity index (χ2n) is 4.36. The Hall–Kier alpha value is -2.10. The summed E-state index contributed by atoms with van der Waals surface area (Å²) >= 11 is 0. The molecule has 0 fully saturated rings. The highest BCUT2D eigenvalue weighted by molar-refractivity contribution is 5.64. The van der Waals surface area contributed by atoms with Crippen molar-refractivity contribution in [1.82, 2.24) is 4.98 Å². The second-order valence-corrected chi connectivity index (χ2v) is 4.36. The molecule has 2 aromatic rings. The minimum atomic E-state index is -0.339. The van der Waals surface area contributed by atoms with E-state index in [9.17, 15) is 4.39 Å². The maximum absolute atomic E-state index is 13.5. The van der Waals surface area contributed by atoms with Crippen molar-refractivity contribution < 1.29 is 4.39 Å². The van der Waals surface area contributed by atoms with E-state index in [1.165, 1.54) is 17.3 Å². The number of fused-ring (bicyclic) bond motifs is 1. The molecule has 3 rings (SSSR count). The fraction of sp³-hybridized carbons (Fsp3) is 0.214. The third-order valence-electron chi connectivity index (χ3n) is 3.06. The third-order valence-corrected chi connectivity index (χ3v) is 3.06. The molecule has 0 radical (unpaired) electrons. The van der Waals surface area contributed by atoms with Gasteiger partial charge in [-0.2, -0.15) is 0 Å². The average Bonchev–Trinajstić information content (AvgIpc) is 2.41. The number of benzene rings is 1. The lowest BCUT2D eigenvalue weighted by Gasteiger charge is -2.19. The molecule has 0 spiro atoms. The zero-order valence-electron chi connectivity index (χ0n) is 9.91. The van der Waals surface area contributed by atoms with Crippen LogP contribution in [-0.2, 0) is 6.42 Å². The molecule has 92 valence electrons. The van der Waals surface area contributed by atoms with Crippen molar-refractivity contribution in [3.63, 3.8) is 0 Å². The summed E-state index contributed by atoms with van der Waals surface area (Å²) in [4.78, 5) is 3.98. The van der Waals surface area contributed by atoms with E-state index in [0.29, 0.717) is 0 Å². The van der Waals surface area contributed by atoms with Crippen LogP contribution in [0.15, 0.2) is 36.5 Å². The number of rotatable bonds is 2. The quantitative estimate of drug-likeness (QED) is 0.849. The van der Waals surface area contributed by atoms with Crippen molar-refractivity contribution in [2.24, 2.45) is 0 Å². The fourth-order valence-electron chi connectivity index (χ4n) is 2.17. The number of hydrogen-bond acceptors (Lipinski definition) is 3. The van der Waals surface area contributed by atoms with Crippen molar-refractivity contribution in [2.75, 3.05) is 17.2 Å². The van der Waals surface area contributed by atoms with E-state index >= 15 is 0 Å². The van der Waals surface area contributed by atoms with E-state index in [4.69, 9.17) is 0 Å². The molecule has 0 aliphatic carbocycles. The first-order valence-electron chi connectivity index (χ1n) is 6.07. The predicted molar refractivity (Wildman–Crippen MR) is 70.7 cm³/mol. The predicted octanol–water partition coefficient (Wildman–Crippen LogP) is 3.32. The molecule has 0 saturated heterocycles. The summed E-state index contributed by atoms with van der Waals surface area (Å²) in [6, 6.07) is 8.99. The number of halogens is 1. The summed E-state index contributed by atoms with van der Waals surface area (Å²) in [5, 5.41) is 6.36. The largest absolute Gasteiger partial charge is 0.385 e. The maximum atomic E-state index is 13.5. The zero-order chi connectivity index (χ0) is 12.4. The molecule has 0 amide bonds. The summed E-state index contributed by atoms with van der Waals surface area (Å²) in [7, 11) is 0. The summed E-state index contributed by atoms with van der Waals surface area (Å²) in [6.45, 7) is 1.02. The van der Waals surface area contributed by atoms with Gasteiger partial charge in [0, 0.05) is 24.1 Å². The van der Waals surface area contributed by atoms with Gasteiger partial charge in [-0.15, -0.1) is 0 Å². The first kappa shape index (κ1) is 11.0. The van der Waals surface area contributed by atoms with Crippen molar-refractivity contribution in [3.8, 4) is 0 Å². The van der Waals surface area contributed by atoms with Gasteiger partial charge in [-0.25, -0.2) is 9.37 Å². The molecule has 1 aliphatic rings. The number of nitrogens with one attached hydrogen (secondary N) is 2. The Balaban J connectivity index is 1.87. The molecule has 1 aromatic carbocycles. The van der Waals surface area contributed by atoms with Gasteiger partial charge in [-0.3, -0.25) is 0 Å². The third kappa shape index (κ3) is 2.14. The first-order chi connectivity index (χ1) is 8.83. The SMILES string of the molecule is Fc1cccnc1Nc1ccc2c(c1)CCCN2. The lowest BCUT2D eigenvalue weighted by atomic mass is 10.0. The molecule has 0 atom stereocenters. The Kier molecular flexibility index (Phi) is 2.84. The highest BCUT2D eigenvalue weighted by atomic mass is 19.1. The molecular weight excluding hydrogens is 229 g/mol. The first-order valence-corrected chi connectivity index (χ1v) is 6.07. The van der Waals surface area contributed by atoms with Gasteiger partial charge in [-0.05, 0) is 48.7 Å². The van der Waals surface area contributed by atoms with E-state index in [1.54, 1.807) is 12.3 Å². The normalized spacial score (nSPS) is 13.6. The molecule has 3 nitrogen and oxygen atoms in total. The Bertz CT molecular complexity index is 569. The van der Waals surface area contributed by atoms with E-state index < -0.39 is 0 Å². The second kappa shape index (κ2) is 4.64. The van der Waals surface area contributed by atoms with Crippen LogP contribution >= 0.6 is 0 Å². The van der Waals surface area contributed by atoms with E-state index in [2.05, 4.69) is 21.7 Å². The van der Waals surface area contributed by atoms with Crippen LogP contribution in [0.5, 0.6) is 0 Å². The highest BCUT2D eigenvalue weighted by Crippen LogP contribution is 2.26. The lowest BCUT2D eigenvalue weighted by molar-refractivity contribution is 0.626. The van der Waals surface area contributed by atoms with Crippen LogP contribution in [0.25, 0.3) is 0 Å². The Morgan fingerprint density at radius 3 is 3.11 bits per heavy atom. The Labute approximate surface area is 105 Å². The van der Waals surface area contributed by atoms with Gasteiger partial charge in [0.15, 0.2) is 11.6 Å². The summed E-state index contributed by atoms with van der Waals surface area (Å²) in [5.41, 5.74) is 3.31. The standard InChI is InChI=1S/C14H14FN3/c15-12-4-2-8-17-14(12)18-11-5-6-13-10(9-11)3-1-7-16-13/h2,4-6,8-9,16H,1,3,7H2,(H,17,18). The number of aryl methyl sites for hydroxylation is 1. The highest BCUT2D eigenvalue weighted by Gasteiger charge is 2.09. The van der Waals surface area contributed by atoms with E-state index in [1.807, 2.05) is 12.1 Å². The number of pyridine rings is 1. The van der Waals surface area contributed by atoms with E-state index in [-0.39, 0.29) is 11.6 Å². The summed E-state index contributed by atoms with van der Waals surface area (Å²) < 4.78 is 13.5. The average molecular weight is 243 g/mol. The van der Waals surface area contributed by atoms with Gasteiger partial charge in [0.05, 0.1) is 0 Å². The van der Waals surface area contributed by atoms with Gasteiger partial charge < -0.3 is 10.6 Å². The fourth-order valence-corrected chi connectivity index (χ4v) is 2.17. The minimum absolute atomic E-state index is 0.265. The molecule has 0 saturated carbocycles. The summed E-state index contributed by atoms with van der Waals surface area (Å²) in [5.74, 6) is -0.0745. The summed E-state index contributed by atoms with van der Waals surface area (Å²) in [6.07, 6.45) is 3.77. The van der Waals surface area contributed by atoms with Crippen LogP contribution in [0.1, 0.15) is 12.0 Å². The number of nitrogens with zero attached hydrogens (tertiary/aromatic N) is 1. The van der Waals surface area contributed by atoms with Crippen LogP contribution < -0.4 is 10.6 Å². The van der Waals surface area contributed by atoms with Crippen LogP contribution in [0.3, 0.4) is 0 Å². The van der Waals surface area contributed by atoms with Gasteiger partial charge >= 0.3 is 0 Å². The zero-order valence-corrected chi connectivity index (χ0v) is 9.91. The molecule has 4 heteroatoms. The number of hydrogen-bond donors (Lipinski definition) is 2. The molecule has 2 heterocycles. The van der Waals surface area contributed by atoms with Gasteiger partial charge in [0.1, 0.15) is 0 Å². The molecule has 1 aliphatic heterocycles. The van der Waals surface area contributed by atoms with E-state index in [0.717, 1.165) is 25.1 Å². The maximum Gasteiger partial charge on any atom is 0.166 e. The monoisotopic (exact) mass is 243 g/mol. The van der Waals surface area contributed by atoms with Crippen LogP contribution in [-0.4, -0.2) is 11.5 Å². The van der Waals surface area contributed by atoms with Crippen LogP contribution in [0.4, 0.5) is 21.6 Å². The van der Waals surface area contributed by atoms with Crippen molar-refractivity contribution >= 4 is 17.2 Å². The topological polar surface area (TPSA) is 37.0 Å². The molecular formula is C14H14FN3. The number of anilines is 3. The van der Waals surface area contributed by atoms with Crippen LogP contribution in [0.2, 0.25) is 0 Å². The lowest BCUT2D eigenvalue weighted by Crippen LogP contribution is -2.11. The molecule has 2 N–H and O–H groups in total. The molecule has 1 aromatic heterocycles. The van der Waals surface area contributed by atoms with Crippen molar-refractivity contribution in [1.29, 1.82) is 0 Å². The smallest absolute Gasteiger partial charge is 0.166 e. The van der Waals surface area contributed by atoms with Gasteiger partial charge in [0.2, 0.25) is 0 Å². The van der Waals surface area contributed by atoms with Gasteiger partial charge in [0.25, 0.3) is 0 Å².